The van der Waals surface area contributed by atoms with Gasteiger partial charge in [-0.05, 0) is 19.8 Å². The highest BCUT2D eigenvalue weighted by atomic mass is 35.5. The lowest BCUT2D eigenvalue weighted by atomic mass is 9.84. The molecule has 1 amide bonds. The second-order valence-electron chi connectivity index (χ2n) is 4.58. The van der Waals surface area contributed by atoms with Crippen LogP contribution in [0.15, 0.2) is 0 Å². The van der Waals surface area contributed by atoms with Gasteiger partial charge in [0.05, 0.1) is 24.6 Å². The van der Waals surface area contributed by atoms with Crippen LogP contribution in [0, 0.1) is 5.92 Å². The van der Waals surface area contributed by atoms with Crippen LogP contribution in [0.3, 0.4) is 0 Å². The number of hydrogen-bond donors (Lipinski definition) is 0. The fourth-order valence-electron chi connectivity index (χ4n) is 2.11. The molecule has 1 heterocycles. The molecular formula is C11H18ClNO2. The van der Waals surface area contributed by atoms with Crippen molar-refractivity contribution in [3.8, 4) is 0 Å². The maximum Gasteiger partial charge on any atom is 0.226 e. The number of carbonyl (C=O) groups excluding carboxylic acids is 1. The lowest BCUT2D eigenvalue weighted by molar-refractivity contribution is -0.150. The van der Waals surface area contributed by atoms with Crippen LogP contribution in [0.25, 0.3) is 0 Å². The molecule has 1 saturated carbocycles. The van der Waals surface area contributed by atoms with E-state index in [0.29, 0.717) is 24.9 Å². The van der Waals surface area contributed by atoms with Gasteiger partial charge in [-0.1, -0.05) is 6.42 Å². The third-order valence-electron chi connectivity index (χ3n) is 3.42. The van der Waals surface area contributed by atoms with E-state index < -0.39 is 0 Å². The van der Waals surface area contributed by atoms with Gasteiger partial charge in [0, 0.05) is 12.5 Å². The van der Waals surface area contributed by atoms with Crippen molar-refractivity contribution < 1.29 is 9.53 Å². The van der Waals surface area contributed by atoms with Crippen LogP contribution < -0.4 is 0 Å². The molecular weight excluding hydrogens is 214 g/mol. The molecule has 0 radical (unpaired) electrons. The van der Waals surface area contributed by atoms with Crippen molar-refractivity contribution in [2.75, 3.05) is 19.0 Å². The van der Waals surface area contributed by atoms with E-state index in [1.165, 1.54) is 6.42 Å². The molecule has 4 heteroatoms. The number of amides is 1. The Bertz CT molecular complexity index is 243. The molecule has 1 aliphatic carbocycles. The normalized spacial score (nSPS) is 32.5. The second kappa shape index (κ2) is 4.71. The second-order valence-corrected chi connectivity index (χ2v) is 4.89. The monoisotopic (exact) mass is 231 g/mol. The Kier molecular flexibility index (Phi) is 3.52. The number of rotatable bonds is 2. The fraction of sp³-hybridized carbons (Fsp3) is 0.909. The van der Waals surface area contributed by atoms with Gasteiger partial charge in [-0.3, -0.25) is 4.79 Å². The number of ether oxygens (including phenoxy) is 1. The Hall–Kier alpha value is -0.280. The van der Waals surface area contributed by atoms with Gasteiger partial charge in [0.2, 0.25) is 5.91 Å². The largest absolute Gasteiger partial charge is 0.373 e. The van der Waals surface area contributed by atoms with Gasteiger partial charge >= 0.3 is 0 Å². The number of alkyl halides is 1. The van der Waals surface area contributed by atoms with Gasteiger partial charge in [0.25, 0.3) is 0 Å². The summed E-state index contributed by atoms with van der Waals surface area (Å²) in [6.45, 7) is 3.33. The minimum atomic E-state index is 0.0203. The van der Waals surface area contributed by atoms with Gasteiger partial charge in [0.15, 0.2) is 0 Å². The zero-order chi connectivity index (χ0) is 10.8. The van der Waals surface area contributed by atoms with Crippen LogP contribution in [0.2, 0.25) is 0 Å². The molecule has 2 aliphatic rings. The van der Waals surface area contributed by atoms with Crippen molar-refractivity contribution in [1.29, 1.82) is 0 Å². The highest BCUT2D eigenvalue weighted by Crippen LogP contribution is 2.29. The molecule has 86 valence electrons. The van der Waals surface area contributed by atoms with Crippen LogP contribution in [-0.4, -0.2) is 42.0 Å². The van der Waals surface area contributed by atoms with Crippen molar-refractivity contribution in [2.24, 2.45) is 5.92 Å². The molecule has 3 nitrogen and oxygen atoms in total. The van der Waals surface area contributed by atoms with Crippen LogP contribution in [0.1, 0.15) is 26.2 Å². The average molecular weight is 232 g/mol. The first-order valence-corrected chi connectivity index (χ1v) is 6.24. The molecule has 2 unspecified atom stereocenters. The van der Waals surface area contributed by atoms with Crippen LogP contribution in [-0.2, 0) is 9.53 Å². The van der Waals surface area contributed by atoms with Gasteiger partial charge in [0.1, 0.15) is 0 Å². The molecule has 0 N–H and O–H groups in total. The predicted molar refractivity (Wildman–Crippen MR) is 59.0 cm³/mol. The molecule has 15 heavy (non-hydrogen) atoms. The number of nitrogens with zero attached hydrogens (tertiary/aromatic N) is 1. The summed E-state index contributed by atoms with van der Waals surface area (Å²) < 4.78 is 5.53. The zero-order valence-electron chi connectivity index (χ0n) is 9.12. The Labute approximate surface area is 95.7 Å². The highest BCUT2D eigenvalue weighted by molar-refractivity contribution is 6.18. The van der Waals surface area contributed by atoms with Gasteiger partial charge in [-0.2, -0.15) is 0 Å². The van der Waals surface area contributed by atoms with Crippen molar-refractivity contribution in [3.63, 3.8) is 0 Å². The number of hydrogen-bond acceptors (Lipinski definition) is 2. The molecule has 1 saturated heterocycles. The Morgan fingerprint density at radius 1 is 1.53 bits per heavy atom. The SMILES string of the molecule is CC1COC(CCl)CN1C(=O)C1CCC1. The van der Waals surface area contributed by atoms with Gasteiger partial charge in [-0.25, -0.2) is 0 Å². The van der Waals surface area contributed by atoms with E-state index in [9.17, 15) is 4.79 Å². The van der Waals surface area contributed by atoms with Gasteiger partial charge < -0.3 is 9.64 Å². The van der Waals surface area contributed by atoms with Crippen molar-refractivity contribution in [1.82, 2.24) is 4.90 Å². The maximum atomic E-state index is 12.1. The molecule has 0 aromatic carbocycles. The first-order valence-electron chi connectivity index (χ1n) is 5.70. The van der Waals surface area contributed by atoms with Crippen molar-refractivity contribution in [3.05, 3.63) is 0 Å². The summed E-state index contributed by atoms with van der Waals surface area (Å²) in [6.07, 6.45) is 3.35. The summed E-state index contributed by atoms with van der Waals surface area (Å²) in [5.74, 6) is 1.06. The molecule has 0 aromatic rings. The topological polar surface area (TPSA) is 29.5 Å². The molecule has 0 spiro atoms. The van der Waals surface area contributed by atoms with Crippen LogP contribution >= 0.6 is 11.6 Å². The molecule has 1 aliphatic heterocycles. The van der Waals surface area contributed by atoms with Crippen LogP contribution in [0.4, 0.5) is 0 Å². The zero-order valence-corrected chi connectivity index (χ0v) is 9.87. The summed E-state index contributed by atoms with van der Waals surface area (Å²) in [5.41, 5.74) is 0. The van der Waals surface area contributed by atoms with E-state index in [1.807, 2.05) is 11.8 Å². The molecule has 2 atom stereocenters. The lowest BCUT2D eigenvalue weighted by Gasteiger charge is -2.40. The van der Waals surface area contributed by atoms with E-state index in [0.717, 1.165) is 12.8 Å². The van der Waals surface area contributed by atoms with Crippen LogP contribution in [0.5, 0.6) is 0 Å². The highest BCUT2D eigenvalue weighted by Gasteiger charge is 2.35. The van der Waals surface area contributed by atoms with E-state index in [4.69, 9.17) is 16.3 Å². The van der Waals surface area contributed by atoms with Crippen molar-refractivity contribution in [2.45, 2.75) is 38.3 Å². The Balaban J connectivity index is 1.95. The smallest absolute Gasteiger partial charge is 0.226 e. The van der Waals surface area contributed by atoms with Gasteiger partial charge in [-0.15, -0.1) is 11.6 Å². The van der Waals surface area contributed by atoms with E-state index in [1.54, 1.807) is 0 Å². The minimum Gasteiger partial charge on any atom is -0.373 e. The third kappa shape index (κ3) is 2.28. The number of morpholine rings is 1. The minimum absolute atomic E-state index is 0.0203. The fourth-order valence-corrected chi connectivity index (χ4v) is 2.29. The summed E-state index contributed by atoms with van der Waals surface area (Å²) in [7, 11) is 0. The standard InChI is InChI=1S/C11H18ClNO2/c1-8-7-15-10(5-12)6-13(8)11(14)9-3-2-4-9/h8-10H,2-7H2,1H3. The van der Waals surface area contributed by atoms with E-state index in [2.05, 4.69) is 0 Å². The number of carbonyl (C=O) groups is 1. The maximum absolute atomic E-state index is 12.1. The van der Waals surface area contributed by atoms with E-state index >= 15 is 0 Å². The average Bonchev–Trinajstić information content (AvgIpc) is 2.15. The molecule has 0 aromatic heterocycles. The summed E-state index contributed by atoms with van der Waals surface area (Å²) in [4.78, 5) is 14.0. The molecule has 0 bridgehead atoms. The Morgan fingerprint density at radius 2 is 2.27 bits per heavy atom. The third-order valence-corrected chi connectivity index (χ3v) is 3.76. The summed E-state index contributed by atoms with van der Waals surface area (Å²) in [5, 5.41) is 0. The Morgan fingerprint density at radius 3 is 2.80 bits per heavy atom. The molecule has 2 fully saturated rings. The summed E-state index contributed by atoms with van der Waals surface area (Å²) in [6, 6.07) is 0.206. The van der Waals surface area contributed by atoms with Crippen molar-refractivity contribution >= 4 is 17.5 Å². The predicted octanol–water partition coefficient (Wildman–Crippen LogP) is 1.64. The first-order chi connectivity index (χ1) is 7.22. The van der Waals surface area contributed by atoms with E-state index in [-0.39, 0.29) is 18.1 Å². The summed E-state index contributed by atoms with van der Waals surface area (Å²) >= 11 is 5.76. The lowest BCUT2D eigenvalue weighted by Crippen LogP contribution is -2.54. The number of halogens is 1. The first kappa shape index (κ1) is 11.2. The molecule has 2 rings (SSSR count). The quantitative estimate of drug-likeness (QED) is 0.677.